The molecule has 3 unspecified atom stereocenters. The molecule has 2 aliphatic rings. The molecule has 0 aliphatic heterocycles. The van der Waals surface area contributed by atoms with E-state index in [9.17, 15) is 9.59 Å². The van der Waals surface area contributed by atoms with E-state index in [4.69, 9.17) is 13.7 Å². The van der Waals surface area contributed by atoms with Gasteiger partial charge in [-0.3, -0.25) is 14.5 Å². The minimum atomic E-state index is -2.53. The second-order valence-corrected chi connectivity index (χ2v) is 15.7. The van der Waals surface area contributed by atoms with Gasteiger partial charge >= 0.3 is 0 Å². The van der Waals surface area contributed by atoms with Crippen molar-refractivity contribution < 1.29 is 23.3 Å². The number of ketones is 2. The Hall–Kier alpha value is -2.55. The number of carbonyl (C=O) groups is 2. The highest BCUT2D eigenvalue weighted by Gasteiger charge is 2.65. The number of hydrogen-bond acceptors (Lipinski definition) is 7. The average molecular weight is 483 g/mol. The first-order valence-corrected chi connectivity index (χ1v) is 14.6. The van der Waals surface area contributed by atoms with E-state index in [1.807, 2.05) is 55.4 Å². The van der Waals surface area contributed by atoms with Crippen molar-refractivity contribution in [1.82, 2.24) is 10.1 Å². The number of fused-ring (bicyclic) bond motifs is 2. The first kappa shape index (κ1) is 24.6. The van der Waals surface area contributed by atoms with Crippen LogP contribution >= 0.6 is 0 Å². The zero-order valence-corrected chi connectivity index (χ0v) is 22.0. The normalized spacial score (nSPS) is 24.8. The summed E-state index contributed by atoms with van der Waals surface area (Å²) in [6.45, 7) is 10.7. The molecule has 8 heteroatoms. The minimum absolute atomic E-state index is 0.106. The maximum absolute atomic E-state index is 14.3. The summed E-state index contributed by atoms with van der Waals surface area (Å²) >= 11 is 0. The quantitative estimate of drug-likeness (QED) is 0.425. The van der Waals surface area contributed by atoms with Gasteiger partial charge in [0.2, 0.25) is 5.78 Å². The van der Waals surface area contributed by atoms with E-state index in [-0.39, 0.29) is 34.9 Å². The maximum Gasteiger partial charge on any atom is 0.265 e. The molecule has 0 N–H and O–H groups in total. The highest BCUT2D eigenvalue weighted by molar-refractivity contribution is 6.74. The second-order valence-electron chi connectivity index (χ2n) is 10.9. The molecule has 1 aromatic carbocycles. The molecular weight excluding hydrogens is 448 g/mol. The molecule has 2 aromatic rings. The summed E-state index contributed by atoms with van der Waals surface area (Å²) in [5, 5.41) is 3.94. The van der Waals surface area contributed by atoms with E-state index >= 15 is 0 Å². The third-order valence-electron chi connectivity index (χ3n) is 7.45. The number of nitrogens with zero attached hydrogens (tertiary/aromatic N) is 2. The van der Waals surface area contributed by atoms with Crippen molar-refractivity contribution in [2.45, 2.75) is 63.6 Å². The number of aromatic nitrogens is 1. The Morgan fingerprint density at radius 2 is 1.85 bits per heavy atom. The SMILES string of the molecule is CN(C)C1c2onc(OCc3ccccc3)c2C(=O)C2(O[Si](C)(C)C(C)(C)C)C(=O)C=CCC12. The molecule has 1 heterocycles. The van der Waals surface area contributed by atoms with Crippen LogP contribution in [0.3, 0.4) is 0 Å². The summed E-state index contributed by atoms with van der Waals surface area (Å²) in [7, 11) is 1.29. The predicted molar refractivity (Wildman–Crippen MR) is 131 cm³/mol. The lowest BCUT2D eigenvalue weighted by molar-refractivity contribution is -0.135. The summed E-state index contributed by atoms with van der Waals surface area (Å²) in [5.74, 6) is -0.611. The van der Waals surface area contributed by atoms with E-state index in [2.05, 4.69) is 39.0 Å². The highest BCUT2D eigenvalue weighted by atomic mass is 28.4. The fourth-order valence-corrected chi connectivity index (χ4v) is 6.09. The summed E-state index contributed by atoms with van der Waals surface area (Å²) in [4.78, 5) is 29.9. The molecule has 0 spiro atoms. The molecule has 0 fully saturated rings. The summed E-state index contributed by atoms with van der Waals surface area (Å²) in [6, 6.07) is 9.27. The van der Waals surface area contributed by atoms with Gasteiger partial charge in [0, 0.05) is 5.92 Å². The molecule has 3 atom stereocenters. The van der Waals surface area contributed by atoms with Crippen molar-refractivity contribution in [2.24, 2.45) is 5.92 Å². The van der Waals surface area contributed by atoms with Crippen LogP contribution in [-0.2, 0) is 15.8 Å². The van der Waals surface area contributed by atoms with Gasteiger partial charge in [0.1, 0.15) is 12.2 Å². The van der Waals surface area contributed by atoms with Gasteiger partial charge < -0.3 is 13.7 Å². The average Bonchev–Trinajstić information content (AvgIpc) is 3.17. The Morgan fingerprint density at radius 3 is 2.47 bits per heavy atom. The topological polar surface area (TPSA) is 81.9 Å². The lowest BCUT2D eigenvalue weighted by Gasteiger charge is -2.51. The largest absolute Gasteiger partial charge is 0.470 e. The Bertz CT molecular complexity index is 1120. The Labute approximate surface area is 202 Å². The number of benzene rings is 1. The molecule has 0 amide bonds. The third kappa shape index (κ3) is 3.87. The van der Waals surface area contributed by atoms with Gasteiger partial charge in [0.25, 0.3) is 5.88 Å². The summed E-state index contributed by atoms with van der Waals surface area (Å²) in [6.07, 6.45) is 3.85. The van der Waals surface area contributed by atoms with Crippen molar-refractivity contribution in [3.05, 3.63) is 59.4 Å². The zero-order valence-electron chi connectivity index (χ0n) is 21.0. The number of rotatable bonds is 6. The molecule has 0 saturated heterocycles. The molecular formula is C26H34N2O5Si. The number of Topliss-reactive ketones (excluding diaryl/α,β-unsaturated/α-hetero) is 1. The van der Waals surface area contributed by atoms with Gasteiger partial charge in [0.15, 0.2) is 25.5 Å². The van der Waals surface area contributed by atoms with E-state index < -0.39 is 25.6 Å². The summed E-state index contributed by atoms with van der Waals surface area (Å²) in [5.41, 5.74) is -0.475. The van der Waals surface area contributed by atoms with Crippen LogP contribution < -0.4 is 4.74 Å². The van der Waals surface area contributed by atoms with E-state index in [0.717, 1.165) is 5.56 Å². The molecule has 7 nitrogen and oxygen atoms in total. The van der Waals surface area contributed by atoms with Crippen LogP contribution in [0.5, 0.6) is 5.88 Å². The fourth-order valence-electron chi connectivity index (χ4n) is 4.64. The van der Waals surface area contributed by atoms with Crippen LogP contribution in [0.4, 0.5) is 0 Å². The number of allylic oxidation sites excluding steroid dienone is 1. The van der Waals surface area contributed by atoms with Gasteiger partial charge in [-0.1, -0.05) is 57.2 Å². The van der Waals surface area contributed by atoms with Crippen LogP contribution in [0, 0.1) is 5.92 Å². The predicted octanol–water partition coefficient (Wildman–Crippen LogP) is 4.96. The molecule has 0 radical (unpaired) electrons. The van der Waals surface area contributed by atoms with Gasteiger partial charge in [-0.2, -0.15) is 0 Å². The second kappa shape index (κ2) is 8.59. The van der Waals surface area contributed by atoms with Crippen molar-refractivity contribution in [3.8, 4) is 5.88 Å². The molecule has 1 aromatic heterocycles. The Kier molecular flexibility index (Phi) is 6.21. The van der Waals surface area contributed by atoms with Crippen LogP contribution in [0.25, 0.3) is 0 Å². The monoisotopic (exact) mass is 482 g/mol. The van der Waals surface area contributed by atoms with Crippen molar-refractivity contribution in [1.29, 1.82) is 0 Å². The molecule has 0 bridgehead atoms. The van der Waals surface area contributed by atoms with Crippen LogP contribution in [0.1, 0.15) is 54.9 Å². The van der Waals surface area contributed by atoms with Gasteiger partial charge in [-0.15, -0.1) is 0 Å². The van der Waals surface area contributed by atoms with E-state index in [1.165, 1.54) is 6.08 Å². The Balaban J connectivity index is 1.84. The molecule has 2 aliphatic carbocycles. The van der Waals surface area contributed by atoms with Crippen LogP contribution in [0.15, 0.2) is 47.0 Å². The standard InChI is InChI=1S/C26H34N2O5Si/c1-25(2,3)34(6,7)33-26-18(14-11-15-19(26)29)21(28(4)5)22-20(23(26)30)24(27-32-22)31-16-17-12-9-8-10-13-17/h8-13,15,18,21H,14,16H2,1-7H3. The Morgan fingerprint density at radius 1 is 1.18 bits per heavy atom. The molecule has 182 valence electrons. The minimum Gasteiger partial charge on any atom is -0.470 e. The highest BCUT2D eigenvalue weighted by Crippen LogP contribution is 2.53. The number of hydrogen-bond donors (Lipinski definition) is 0. The zero-order chi connectivity index (χ0) is 24.9. The maximum atomic E-state index is 14.3. The lowest BCUT2D eigenvalue weighted by Crippen LogP contribution is -2.65. The lowest BCUT2D eigenvalue weighted by atomic mass is 9.65. The van der Waals surface area contributed by atoms with Gasteiger partial charge in [0.05, 0.1) is 6.04 Å². The van der Waals surface area contributed by atoms with E-state index in [1.54, 1.807) is 0 Å². The third-order valence-corrected chi connectivity index (χ3v) is 11.9. The van der Waals surface area contributed by atoms with Gasteiger partial charge in [-0.05, 0) is 55.4 Å². The van der Waals surface area contributed by atoms with Crippen molar-refractivity contribution >= 4 is 19.9 Å². The van der Waals surface area contributed by atoms with Crippen LogP contribution in [0.2, 0.25) is 18.1 Å². The molecule has 4 rings (SSSR count). The fraction of sp³-hybridized carbons (Fsp3) is 0.500. The van der Waals surface area contributed by atoms with Crippen LogP contribution in [-0.4, -0.2) is 49.6 Å². The van der Waals surface area contributed by atoms with Crippen molar-refractivity contribution in [2.75, 3.05) is 14.1 Å². The number of carbonyl (C=O) groups excluding carboxylic acids is 2. The first-order chi connectivity index (χ1) is 15.9. The summed E-state index contributed by atoms with van der Waals surface area (Å²) < 4.78 is 18.5. The molecule has 0 saturated carbocycles. The van der Waals surface area contributed by atoms with E-state index in [0.29, 0.717) is 12.2 Å². The first-order valence-electron chi connectivity index (χ1n) is 11.7. The van der Waals surface area contributed by atoms with Crippen molar-refractivity contribution in [3.63, 3.8) is 0 Å². The van der Waals surface area contributed by atoms with Gasteiger partial charge in [-0.25, -0.2) is 0 Å². The smallest absolute Gasteiger partial charge is 0.265 e. The number of ether oxygens (including phenoxy) is 1. The molecule has 34 heavy (non-hydrogen) atoms.